The molecule has 3 heteroatoms. The third-order valence-electron chi connectivity index (χ3n) is 4.52. The zero-order chi connectivity index (χ0) is 13.3. The molecule has 3 rings (SSSR count). The Balaban J connectivity index is 1.68. The summed E-state index contributed by atoms with van der Waals surface area (Å²) >= 11 is 0. The van der Waals surface area contributed by atoms with Crippen molar-refractivity contribution in [1.29, 1.82) is 0 Å². The number of hydrogen-bond donors (Lipinski definition) is 0. The molecule has 0 radical (unpaired) electrons. The van der Waals surface area contributed by atoms with E-state index in [0.717, 1.165) is 32.1 Å². The maximum absolute atomic E-state index is 12.4. The number of benzene rings is 1. The van der Waals surface area contributed by atoms with E-state index >= 15 is 0 Å². The summed E-state index contributed by atoms with van der Waals surface area (Å²) in [6, 6.07) is 8.88. The van der Waals surface area contributed by atoms with Crippen LogP contribution in [0.25, 0.3) is 0 Å². The highest BCUT2D eigenvalue weighted by Gasteiger charge is 2.50. The van der Waals surface area contributed by atoms with Crippen molar-refractivity contribution in [2.75, 3.05) is 0 Å². The molecule has 19 heavy (non-hydrogen) atoms. The van der Waals surface area contributed by atoms with Crippen LogP contribution >= 0.6 is 0 Å². The maximum Gasteiger partial charge on any atom is 0.338 e. The van der Waals surface area contributed by atoms with Crippen molar-refractivity contribution in [3.8, 4) is 0 Å². The molecule has 0 aromatic heterocycles. The molecular formula is C16H18O3. The first kappa shape index (κ1) is 12.4. The SMILES string of the molecule is O=C(OC1CCC2(CCCC2)C1=O)c1ccccc1. The minimum atomic E-state index is -0.522. The van der Waals surface area contributed by atoms with E-state index in [0.29, 0.717) is 12.0 Å². The summed E-state index contributed by atoms with van der Waals surface area (Å²) in [7, 11) is 0. The van der Waals surface area contributed by atoms with Crippen LogP contribution in [0, 0.1) is 5.41 Å². The van der Waals surface area contributed by atoms with E-state index in [4.69, 9.17) is 4.74 Å². The second-order valence-corrected chi connectivity index (χ2v) is 5.65. The van der Waals surface area contributed by atoms with Crippen LogP contribution in [0.1, 0.15) is 48.9 Å². The number of rotatable bonds is 2. The quantitative estimate of drug-likeness (QED) is 0.765. The van der Waals surface area contributed by atoms with Crippen LogP contribution in [0.2, 0.25) is 0 Å². The Labute approximate surface area is 113 Å². The van der Waals surface area contributed by atoms with Gasteiger partial charge in [-0.05, 0) is 37.8 Å². The summed E-state index contributed by atoms with van der Waals surface area (Å²) in [4.78, 5) is 24.4. The minimum Gasteiger partial charge on any atom is -0.451 e. The van der Waals surface area contributed by atoms with Gasteiger partial charge in [-0.15, -0.1) is 0 Å². The van der Waals surface area contributed by atoms with Crippen LogP contribution in [0.3, 0.4) is 0 Å². The number of ether oxygens (including phenoxy) is 1. The summed E-state index contributed by atoms with van der Waals surface area (Å²) in [5, 5.41) is 0. The molecule has 0 N–H and O–H groups in total. The molecule has 1 spiro atoms. The molecule has 1 aromatic carbocycles. The summed E-state index contributed by atoms with van der Waals surface area (Å²) in [5.41, 5.74) is 0.351. The van der Waals surface area contributed by atoms with E-state index in [1.54, 1.807) is 24.3 Å². The molecule has 0 saturated heterocycles. The molecule has 2 saturated carbocycles. The second-order valence-electron chi connectivity index (χ2n) is 5.65. The molecule has 0 amide bonds. The first-order chi connectivity index (χ1) is 9.21. The lowest BCUT2D eigenvalue weighted by atomic mass is 9.83. The lowest BCUT2D eigenvalue weighted by Gasteiger charge is -2.20. The smallest absolute Gasteiger partial charge is 0.338 e. The highest BCUT2D eigenvalue weighted by Crippen LogP contribution is 2.48. The standard InChI is InChI=1S/C16H18O3/c17-14-13(8-11-16(14)9-4-5-10-16)19-15(18)12-6-2-1-3-7-12/h1-3,6-7,13H,4-5,8-11H2. The van der Waals surface area contributed by atoms with Crippen molar-refractivity contribution in [3.05, 3.63) is 35.9 Å². The Morgan fingerprint density at radius 1 is 1.11 bits per heavy atom. The molecule has 0 aliphatic heterocycles. The number of Topliss-reactive ketones (excluding diaryl/α,β-unsaturated/α-hetero) is 1. The van der Waals surface area contributed by atoms with Crippen molar-refractivity contribution in [3.63, 3.8) is 0 Å². The van der Waals surface area contributed by atoms with Crippen molar-refractivity contribution in [2.24, 2.45) is 5.41 Å². The van der Waals surface area contributed by atoms with Gasteiger partial charge in [0.05, 0.1) is 5.56 Å². The van der Waals surface area contributed by atoms with Gasteiger partial charge in [0, 0.05) is 5.41 Å². The third kappa shape index (κ3) is 2.18. The van der Waals surface area contributed by atoms with Crippen LogP contribution in [-0.2, 0) is 9.53 Å². The maximum atomic E-state index is 12.4. The van der Waals surface area contributed by atoms with Crippen LogP contribution in [-0.4, -0.2) is 17.9 Å². The highest BCUT2D eigenvalue weighted by atomic mass is 16.5. The third-order valence-corrected chi connectivity index (χ3v) is 4.52. The number of esters is 1. The largest absolute Gasteiger partial charge is 0.451 e. The van der Waals surface area contributed by atoms with Gasteiger partial charge < -0.3 is 4.74 Å². The first-order valence-electron chi connectivity index (χ1n) is 7.02. The minimum absolute atomic E-state index is 0.161. The molecular weight excluding hydrogens is 240 g/mol. The zero-order valence-electron chi connectivity index (χ0n) is 10.9. The summed E-state index contributed by atoms with van der Waals surface area (Å²) in [6.45, 7) is 0. The zero-order valence-corrected chi connectivity index (χ0v) is 10.9. The van der Waals surface area contributed by atoms with Crippen LogP contribution in [0.5, 0.6) is 0 Å². The number of carbonyl (C=O) groups is 2. The summed E-state index contributed by atoms with van der Waals surface area (Å²) < 4.78 is 5.41. The van der Waals surface area contributed by atoms with Gasteiger partial charge in [-0.3, -0.25) is 4.79 Å². The molecule has 2 fully saturated rings. The van der Waals surface area contributed by atoms with E-state index in [1.807, 2.05) is 6.07 Å². The Bertz CT molecular complexity index is 486. The van der Waals surface area contributed by atoms with E-state index in [1.165, 1.54) is 0 Å². The van der Waals surface area contributed by atoms with Crippen molar-refractivity contribution in [2.45, 2.75) is 44.6 Å². The van der Waals surface area contributed by atoms with Gasteiger partial charge in [0.1, 0.15) is 0 Å². The van der Waals surface area contributed by atoms with Crippen molar-refractivity contribution >= 4 is 11.8 Å². The van der Waals surface area contributed by atoms with Crippen LogP contribution in [0.15, 0.2) is 30.3 Å². The van der Waals surface area contributed by atoms with Gasteiger partial charge in [-0.2, -0.15) is 0 Å². The van der Waals surface area contributed by atoms with E-state index in [2.05, 4.69) is 0 Å². The second kappa shape index (κ2) is 4.80. The van der Waals surface area contributed by atoms with E-state index in [9.17, 15) is 9.59 Å². The van der Waals surface area contributed by atoms with Gasteiger partial charge >= 0.3 is 5.97 Å². The number of carbonyl (C=O) groups excluding carboxylic acids is 2. The Hall–Kier alpha value is -1.64. The average Bonchev–Trinajstić information content (AvgIpc) is 3.03. The molecule has 0 heterocycles. The van der Waals surface area contributed by atoms with Gasteiger partial charge in [-0.1, -0.05) is 31.0 Å². The fourth-order valence-corrected chi connectivity index (χ4v) is 3.44. The fourth-order valence-electron chi connectivity index (χ4n) is 3.44. The van der Waals surface area contributed by atoms with Crippen LogP contribution < -0.4 is 0 Å². The van der Waals surface area contributed by atoms with Crippen molar-refractivity contribution < 1.29 is 14.3 Å². The Morgan fingerprint density at radius 3 is 2.47 bits per heavy atom. The predicted octanol–water partition coefficient (Wildman–Crippen LogP) is 3.14. The molecule has 1 atom stereocenters. The van der Waals surface area contributed by atoms with E-state index < -0.39 is 6.10 Å². The van der Waals surface area contributed by atoms with Crippen LogP contribution in [0.4, 0.5) is 0 Å². The van der Waals surface area contributed by atoms with Gasteiger partial charge in [0.15, 0.2) is 11.9 Å². The molecule has 1 aromatic rings. The molecule has 2 aliphatic carbocycles. The van der Waals surface area contributed by atoms with Gasteiger partial charge in [0.25, 0.3) is 0 Å². The number of hydrogen-bond acceptors (Lipinski definition) is 3. The fraction of sp³-hybridized carbons (Fsp3) is 0.500. The van der Waals surface area contributed by atoms with E-state index in [-0.39, 0.29) is 17.2 Å². The summed E-state index contributed by atoms with van der Waals surface area (Å²) in [5.74, 6) is -0.219. The molecule has 1 unspecified atom stereocenters. The molecule has 2 aliphatic rings. The number of ketones is 1. The lowest BCUT2D eigenvalue weighted by Crippen LogP contribution is -2.31. The average molecular weight is 258 g/mol. The molecule has 0 bridgehead atoms. The molecule has 100 valence electrons. The Kier molecular flexibility index (Phi) is 3.13. The Morgan fingerprint density at radius 2 is 1.79 bits per heavy atom. The first-order valence-corrected chi connectivity index (χ1v) is 7.02. The molecule has 3 nitrogen and oxygen atoms in total. The topological polar surface area (TPSA) is 43.4 Å². The normalized spacial score (nSPS) is 24.8. The van der Waals surface area contributed by atoms with Crippen molar-refractivity contribution in [1.82, 2.24) is 0 Å². The highest BCUT2D eigenvalue weighted by molar-refractivity contribution is 5.96. The lowest BCUT2D eigenvalue weighted by molar-refractivity contribution is -0.132. The summed E-state index contributed by atoms with van der Waals surface area (Å²) in [6.07, 6.45) is 5.27. The van der Waals surface area contributed by atoms with Gasteiger partial charge in [-0.25, -0.2) is 4.79 Å². The predicted molar refractivity (Wildman–Crippen MR) is 70.8 cm³/mol. The monoisotopic (exact) mass is 258 g/mol. The van der Waals surface area contributed by atoms with Gasteiger partial charge in [0.2, 0.25) is 0 Å².